The first-order valence-corrected chi connectivity index (χ1v) is 9.48. The lowest BCUT2D eigenvalue weighted by Gasteiger charge is -2.31. The second kappa shape index (κ2) is 8.89. The Morgan fingerprint density at radius 3 is 2.58 bits per heavy atom. The van der Waals surface area contributed by atoms with Crippen molar-refractivity contribution in [1.82, 2.24) is 4.31 Å². The van der Waals surface area contributed by atoms with Gasteiger partial charge in [-0.2, -0.15) is 13.2 Å². The van der Waals surface area contributed by atoms with Crippen molar-refractivity contribution < 1.29 is 17.4 Å². The molecule has 132 valence electrons. The van der Waals surface area contributed by atoms with E-state index in [-0.39, 0.29) is 6.04 Å². The molecule has 1 saturated heterocycles. The molecule has 1 aliphatic rings. The average Bonchev–Trinajstić information content (AvgIpc) is 2.58. The summed E-state index contributed by atoms with van der Waals surface area (Å²) in [4.78, 5) is 0.373. The Kier molecular flexibility index (Phi) is 7.15. The number of unbranched alkanes of at least 4 members (excludes halogenated alkanes) is 1. The highest BCUT2D eigenvalue weighted by Crippen LogP contribution is 2.30. The topological polar surface area (TPSA) is 20.3 Å². The molecule has 0 amide bonds. The molecule has 2 atom stereocenters. The fourth-order valence-corrected chi connectivity index (χ4v) is 3.95. The first kappa shape index (κ1) is 19.3. The van der Waals surface area contributed by atoms with Crippen molar-refractivity contribution in [1.29, 1.82) is 0 Å². The third-order valence-corrected chi connectivity index (χ3v) is 5.56. The first-order chi connectivity index (χ1) is 11.4. The van der Waals surface area contributed by atoms with E-state index in [9.17, 15) is 17.4 Å². The molecule has 24 heavy (non-hydrogen) atoms. The van der Waals surface area contributed by atoms with Crippen LogP contribution in [-0.4, -0.2) is 27.0 Å². The van der Waals surface area contributed by atoms with Crippen LogP contribution in [0.1, 0.15) is 37.7 Å². The molecule has 7 heteroatoms. The van der Waals surface area contributed by atoms with E-state index in [1.54, 1.807) is 4.31 Å². The van der Waals surface area contributed by atoms with Crippen molar-refractivity contribution in [3.05, 3.63) is 29.8 Å². The van der Waals surface area contributed by atoms with Crippen LogP contribution in [0.5, 0.6) is 0 Å². The van der Waals surface area contributed by atoms with Gasteiger partial charge in [0.2, 0.25) is 0 Å². The van der Waals surface area contributed by atoms with Gasteiger partial charge in [0.05, 0.1) is 16.5 Å². The van der Waals surface area contributed by atoms with Crippen LogP contribution in [0.15, 0.2) is 29.2 Å². The number of benzene rings is 1. The van der Waals surface area contributed by atoms with Crippen molar-refractivity contribution in [2.24, 2.45) is 0 Å². The van der Waals surface area contributed by atoms with Gasteiger partial charge in [0.1, 0.15) is 11.0 Å². The lowest BCUT2D eigenvalue weighted by molar-refractivity contribution is -0.137. The van der Waals surface area contributed by atoms with Crippen molar-refractivity contribution in [2.45, 2.75) is 49.2 Å². The van der Waals surface area contributed by atoms with Crippen LogP contribution in [0.3, 0.4) is 0 Å². The Bertz CT molecular complexity index is 621. The first-order valence-electron chi connectivity index (χ1n) is 7.83. The van der Waals surface area contributed by atoms with Gasteiger partial charge >= 0.3 is 6.18 Å². The largest absolute Gasteiger partial charge is 0.416 e. The summed E-state index contributed by atoms with van der Waals surface area (Å²) in [5, 5.41) is 0. The summed E-state index contributed by atoms with van der Waals surface area (Å²) in [7, 11) is -1.50. The minimum atomic E-state index is -4.39. The fourth-order valence-electron chi connectivity index (χ4n) is 2.49. The van der Waals surface area contributed by atoms with Gasteiger partial charge < -0.3 is 0 Å². The van der Waals surface area contributed by atoms with Crippen molar-refractivity contribution in [2.75, 3.05) is 12.4 Å². The highest BCUT2D eigenvalue weighted by Gasteiger charge is 2.31. The number of hydrogen-bond donors (Lipinski definition) is 0. The van der Waals surface area contributed by atoms with Crippen LogP contribution >= 0.6 is 11.6 Å². The maximum absolute atomic E-state index is 12.7. The molecule has 1 fully saturated rings. The molecule has 0 bridgehead atoms. The highest BCUT2D eigenvalue weighted by molar-refractivity contribution is 7.82. The van der Waals surface area contributed by atoms with Crippen LogP contribution < -0.4 is 0 Å². The lowest BCUT2D eigenvalue weighted by atomic mass is 10.1. The van der Waals surface area contributed by atoms with Crippen LogP contribution in [-0.2, 0) is 17.2 Å². The number of hydrogen-bond acceptors (Lipinski definition) is 1. The molecule has 1 aliphatic heterocycles. The fraction of sp³-hybridized carbons (Fsp3) is 0.529. The predicted octanol–water partition coefficient (Wildman–Crippen LogP) is 4.60. The lowest BCUT2D eigenvalue weighted by Crippen LogP contribution is -2.39. The van der Waals surface area contributed by atoms with E-state index in [1.165, 1.54) is 12.1 Å². The summed E-state index contributed by atoms with van der Waals surface area (Å²) in [6.45, 7) is 0.627. The summed E-state index contributed by atoms with van der Waals surface area (Å²) >= 11 is 5.62. The van der Waals surface area contributed by atoms with Gasteiger partial charge in [0.25, 0.3) is 0 Å². The van der Waals surface area contributed by atoms with E-state index < -0.39 is 22.7 Å². The van der Waals surface area contributed by atoms with Gasteiger partial charge in [0.15, 0.2) is 0 Å². The zero-order valence-corrected chi connectivity index (χ0v) is 14.7. The Morgan fingerprint density at radius 2 is 1.96 bits per heavy atom. The molecule has 1 aromatic rings. The van der Waals surface area contributed by atoms with Gasteiger partial charge in [-0.25, -0.2) is 8.51 Å². The molecule has 0 spiro atoms. The SMILES string of the molecule is O=S(c1ccc(C(F)(F)F)cc1)N1CCCC[C@H]1C#CCCCCl. The van der Waals surface area contributed by atoms with E-state index in [2.05, 4.69) is 11.8 Å². The molecular formula is C17H19ClF3NOS. The monoisotopic (exact) mass is 377 g/mol. The quantitative estimate of drug-likeness (QED) is 0.426. The van der Waals surface area contributed by atoms with Gasteiger partial charge in [-0.15, -0.1) is 17.5 Å². The molecule has 0 saturated carbocycles. The average molecular weight is 378 g/mol. The summed E-state index contributed by atoms with van der Waals surface area (Å²) < 4.78 is 52.4. The van der Waals surface area contributed by atoms with Crippen LogP contribution in [0.2, 0.25) is 0 Å². The van der Waals surface area contributed by atoms with Gasteiger partial charge in [-0.05, 0) is 49.9 Å². The summed E-state index contributed by atoms with van der Waals surface area (Å²) in [6.07, 6.45) is -0.145. The van der Waals surface area contributed by atoms with Crippen LogP contribution in [0.4, 0.5) is 13.2 Å². The Hall–Kier alpha value is -1.03. The third kappa shape index (κ3) is 5.23. The molecule has 1 unspecified atom stereocenters. The van der Waals surface area contributed by atoms with Gasteiger partial charge in [-0.3, -0.25) is 0 Å². The zero-order chi connectivity index (χ0) is 17.6. The standard InChI is InChI=1S/C17H19ClF3NOS/c18-12-4-1-2-6-15-7-3-5-13-22(15)24(23)16-10-8-14(9-11-16)17(19,20)21/h8-11,15H,1,3-5,7,12-13H2/t15-,24?/m1/s1. The van der Waals surface area contributed by atoms with E-state index >= 15 is 0 Å². The molecule has 1 aromatic carbocycles. The number of alkyl halides is 4. The third-order valence-electron chi connectivity index (χ3n) is 3.75. The molecule has 2 rings (SSSR count). The second-order valence-corrected chi connectivity index (χ2v) is 7.35. The second-order valence-electron chi connectivity index (χ2n) is 5.54. The molecule has 0 N–H and O–H groups in total. The number of halogens is 4. The number of piperidine rings is 1. The highest BCUT2D eigenvalue weighted by atomic mass is 35.5. The van der Waals surface area contributed by atoms with Crippen LogP contribution in [0, 0.1) is 11.8 Å². The van der Waals surface area contributed by atoms with Crippen LogP contribution in [0.25, 0.3) is 0 Å². The maximum atomic E-state index is 12.7. The number of nitrogens with zero attached hydrogens (tertiary/aromatic N) is 1. The Balaban J connectivity index is 2.11. The molecular weight excluding hydrogens is 359 g/mol. The van der Waals surface area contributed by atoms with Gasteiger partial charge in [-0.1, -0.05) is 5.92 Å². The smallest absolute Gasteiger partial charge is 0.237 e. The Labute approximate surface area is 148 Å². The molecule has 0 radical (unpaired) electrons. The van der Waals surface area contributed by atoms with E-state index in [1.807, 2.05) is 0 Å². The minimum absolute atomic E-state index is 0.128. The van der Waals surface area contributed by atoms with E-state index in [4.69, 9.17) is 11.6 Å². The summed E-state index contributed by atoms with van der Waals surface area (Å²) in [6, 6.07) is 4.38. The molecule has 0 aliphatic carbocycles. The van der Waals surface area contributed by atoms with Crippen molar-refractivity contribution in [3.63, 3.8) is 0 Å². The predicted molar refractivity (Wildman–Crippen MR) is 89.9 cm³/mol. The van der Waals surface area contributed by atoms with E-state index in [0.717, 1.165) is 37.8 Å². The number of rotatable bonds is 4. The normalized spacial score (nSPS) is 20.2. The minimum Gasteiger partial charge on any atom is -0.237 e. The van der Waals surface area contributed by atoms with Gasteiger partial charge in [0, 0.05) is 18.8 Å². The molecule has 2 nitrogen and oxygen atoms in total. The summed E-state index contributed by atoms with van der Waals surface area (Å²) in [5.74, 6) is 6.76. The summed E-state index contributed by atoms with van der Waals surface area (Å²) in [5.41, 5.74) is -0.737. The zero-order valence-electron chi connectivity index (χ0n) is 13.1. The Morgan fingerprint density at radius 1 is 1.25 bits per heavy atom. The maximum Gasteiger partial charge on any atom is 0.416 e. The molecule has 0 aromatic heterocycles. The van der Waals surface area contributed by atoms with Crippen molar-refractivity contribution in [3.8, 4) is 11.8 Å². The van der Waals surface area contributed by atoms with Crippen molar-refractivity contribution >= 4 is 22.6 Å². The van der Waals surface area contributed by atoms with E-state index in [0.29, 0.717) is 23.7 Å². The molecule has 1 heterocycles.